The molecule has 0 fully saturated rings. The van der Waals surface area contributed by atoms with E-state index in [1.165, 1.54) is 12.1 Å². The lowest BCUT2D eigenvalue weighted by Crippen LogP contribution is -2.31. The van der Waals surface area contributed by atoms with Gasteiger partial charge >= 0.3 is 5.91 Å². The molecule has 128 valence electrons. The summed E-state index contributed by atoms with van der Waals surface area (Å²) in [7, 11) is 0. The van der Waals surface area contributed by atoms with Crippen molar-refractivity contribution in [1.82, 2.24) is 0 Å². The van der Waals surface area contributed by atoms with Crippen LogP contribution in [0.1, 0.15) is 12.5 Å². The average molecular weight is 345 g/mol. The second-order valence-electron chi connectivity index (χ2n) is 5.23. The van der Waals surface area contributed by atoms with Crippen molar-refractivity contribution >= 4 is 23.1 Å². The number of carbonyl (C=O) groups is 2. The van der Waals surface area contributed by atoms with Crippen molar-refractivity contribution < 1.29 is 28.2 Å². The highest BCUT2D eigenvalue weighted by Gasteiger charge is 2.40. The fraction of sp³-hybridized carbons (Fsp3) is 0.111. The molecular formula is C18H13F2NO4. The van der Waals surface area contributed by atoms with Crippen LogP contribution in [0.4, 0.5) is 14.5 Å². The van der Waals surface area contributed by atoms with Crippen molar-refractivity contribution in [3.63, 3.8) is 0 Å². The monoisotopic (exact) mass is 345 g/mol. The zero-order valence-electron chi connectivity index (χ0n) is 13.1. The highest BCUT2D eigenvalue weighted by Crippen LogP contribution is 2.33. The molecule has 5 nitrogen and oxygen atoms in total. The fourth-order valence-electron chi connectivity index (χ4n) is 2.52. The summed E-state index contributed by atoms with van der Waals surface area (Å²) < 4.78 is 31.8. The summed E-state index contributed by atoms with van der Waals surface area (Å²) in [5.41, 5.74) is -0.0662. The van der Waals surface area contributed by atoms with Crippen molar-refractivity contribution in [2.45, 2.75) is 6.92 Å². The third-order valence-electron chi connectivity index (χ3n) is 3.67. The molecule has 0 saturated carbocycles. The van der Waals surface area contributed by atoms with Crippen molar-refractivity contribution in [3.8, 4) is 5.75 Å². The normalized spacial score (nSPS) is 14.4. The van der Waals surface area contributed by atoms with Crippen LogP contribution in [-0.4, -0.2) is 23.5 Å². The summed E-state index contributed by atoms with van der Waals surface area (Å²) in [4.78, 5) is 25.4. The van der Waals surface area contributed by atoms with E-state index in [1.807, 2.05) is 6.92 Å². The molecule has 0 aliphatic carbocycles. The largest absolute Gasteiger partial charge is 0.502 e. The van der Waals surface area contributed by atoms with Crippen LogP contribution < -0.4 is 9.64 Å². The van der Waals surface area contributed by atoms with Crippen LogP contribution in [0.2, 0.25) is 0 Å². The average Bonchev–Trinajstić information content (AvgIpc) is 2.81. The van der Waals surface area contributed by atoms with E-state index in [2.05, 4.69) is 0 Å². The Labute approximate surface area is 141 Å². The lowest BCUT2D eigenvalue weighted by molar-refractivity contribution is -0.121. The molecule has 2 aromatic rings. The number of rotatable bonds is 4. The van der Waals surface area contributed by atoms with Crippen molar-refractivity contribution in [2.24, 2.45) is 0 Å². The summed E-state index contributed by atoms with van der Waals surface area (Å²) in [6, 6.07) is 8.85. The number of anilines is 1. The van der Waals surface area contributed by atoms with Gasteiger partial charge in [0.1, 0.15) is 5.75 Å². The molecule has 7 heteroatoms. The van der Waals surface area contributed by atoms with Crippen LogP contribution in [0.25, 0.3) is 5.57 Å². The van der Waals surface area contributed by atoms with E-state index in [0.29, 0.717) is 22.8 Å². The minimum absolute atomic E-state index is 0.165. The van der Waals surface area contributed by atoms with Crippen molar-refractivity contribution in [2.75, 3.05) is 11.5 Å². The molecule has 3 rings (SSSR count). The van der Waals surface area contributed by atoms with E-state index < -0.39 is 29.2 Å². The van der Waals surface area contributed by atoms with E-state index in [9.17, 15) is 23.5 Å². The molecule has 0 radical (unpaired) electrons. The predicted molar refractivity (Wildman–Crippen MR) is 86.0 cm³/mol. The Kier molecular flexibility index (Phi) is 4.22. The first-order chi connectivity index (χ1) is 11.9. The highest BCUT2D eigenvalue weighted by atomic mass is 19.2. The number of benzene rings is 2. The smallest absolute Gasteiger partial charge is 0.301 e. The van der Waals surface area contributed by atoms with Crippen LogP contribution in [0, 0.1) is 11.6 Å². The molecule has 1 aliphatic rings. The molecule has 0 bridgehead atoms. The Hall–Kier alpha value is -3.22. The molecule has 1 aliphatic heterocycles. The maximum absolute atomic E-state index is 13.4. The molecule has 0 aromatic heterocycles. The second kappa shape index (κ2) is 6.35. The van der Waals surface area contributed by atoms with E-state index in [1.54, 1.807) is 12.1 Å². The quantitative estimate of drug-likeness (QED) is 0.864. The van der Waals surface area contributed by atoms with Gasteiger partial charge in [-0.3, -0.25) is 9.59 Å². The third kappa shape index (κ3) is 2.84. The zero-order chi connectivity index (χ0) is 18.1. The van der Waals surface area contributed by atoms with E-state index >= 15 is 0 Å². The van der Waals surface area contributed by atoms with Crippen LogP contribution in [0.3, 0.4) is 0 Å². The topological polar surface area (TPSA) is 66.8 Å². The maximum Gasteiger partial charge on any atom is 0.301 e. The summed E-state index contributed by atoms with van der Waals surface area (Å²) in [5, 5.41) is 10.1. The van der Waals surface area contributed by atoms with Crippen LogP contribution in [0.5, 0.6) is 5.75 Å². The number of carbonyl (C=O) groups excluding carboxylic acids is 2. The Morgan fingerprint density at radius 3 is 2.28 bits per heavy atom. The maximum atomic E-state index is 13.4. The van der Waals surface area contributed by atoms with Gasteiger partial charge in [0.25, 0.3) is 5.91 Å². The van der Waals surface area contributed by atoms with E-state index in [0.717, 1.165) is 18.2 Å². The van der Waals surface area contributed by atoms with Crippen LogP contribution in [-0.2, 0) is 9.59 Å². The summed E-state index contributed by atoms with van der Waals surface area (Å²) in [5.74, 6) is -4.31. The molecule has 0 atom stereocenters. The number of amides is 2. The molecule has 1 heterocycles. The number of imide groups is 1. The number of halogens is 2. The van der Waals surface area contributed by atoms with Gasteiger partial charge < -0.3 is 9.84 Å². The molecule has 2 aromatic carbocycles. The molecule has 0 unspecified atom stereocenters. The van der Waals surface area contributed by atoms with E-state index in [4.69, 9.17) is 4.74 Å². The zero-order valence-corrected chi connectivity index (χ0v) is 13.1. The number of ether oxygens (including phenoxy) is 1. The Balaban J connectivity index is 1.97. The molecular weight excluding hydrogens is 332 g/mol. The number of hydrogen-bond donors (Lipinski definition) is 1. The number of aliphatic hydroxyl groups is 1. The minimum atomic E-state index is -1.20. The van der Waals surface area contributed by atoms with Gasteiger partial charge in [0.2, 0.25) is 0 Å². The standard InChI is InChI=1S/C18H13F2NO4/c1-2-25-12-6-3-10(4-7-12)15-16(22)18(24)21(17(15)23)11-5-8-13(19)14(20)9-11/h3-9,22H,2H2,1H3. The predicted octanol–water partition coefficient (Wildman–Crippen LogP) is 3.21. The number of hydrogen-bond acceptors (Lipinski definition) is 4. The van der Waals surface area contributed by atoms with Gasteiger partial charge in [0.05, 0.1) is 17.9 Å². The van der Waals surface area contributed by atoms with Gasteiger partial charge in [0.15, 0.2) is 17.4 Å². The van der Waals surface area contributed by atoms with Crippen LogP contribution >= 0.6 is 0 Å². The van der Waals surface area contributed by atoms with Crippen molar-refractivity contribution in [1.29, 1.82) is 0 Å². The SMILES string of the molecule is CCOc1ccc(C2=C(O)C(=O)N(c3ccc(F)c(F)c3)C2=O)cc1. The first kappa shape index (κ1) is 16.6. The van der Waals surface area contributed by atoms with Gasteiger partial charge in [-0.2, -0.15) is 0 Å². The highest BCUT2D eigenvalue weighted by molar-refractivity contribution is 6.44. The summed E-state index contributed by atoms with van der Waals surface area (Å²) in [6.45, 7) is 2.29. The Bertz CT molecular complexity index is 890. The van der Waals surface area contributed by atoms with Gasteiger partial charge in [0, 0.05) is 6.07 Å². The van der Waals surface area contributed by atoms with E-state index in [-0.39, 0.29) is 11.3 Å². The number of aliphatic hydroxyl groups excluding tert-OH is 1. The Morgan fingerprint density at radius 2 is 1.68 bits per heavy atom. The van der Waals surface area contributed by atoms with Gasteiger partial charge in [-0.15, -0.1) is 0 Å². The summed E-state index contributed by atoms with van der Waals surface area (Å²) >= 11 is 0. The number of nitrogens with zero attached hydrogens (tertiary/aromatic N) is 1. The molecule has 1 N–H and O–H groups in total. The molecule has 0 spiro atoms. The molecule has 2 amide bonds. The van der Waals surface area contributed by atoms with Crippen molar-refractivity contribution in [3.05, 3.63) is 65.4 Å². The second-order valence-corrected chi connectivity index (χ2v) is 5.23. The van der Waals surface area contributed by atoms with Gasteiger partial charge in [-0.1, -0.05) is 12.1 Å². The first-order valence-corrected chi connectivity index (χ1v) is 7.44. The Morgan fingerprint density at radius 1 is 1.00 bits per heavy atom. The lowest BCUT2D eigenvalue weighted by Gasteiger charge is -2.14. The lowest BCUT2D eigenvalue weighted by atomic mass is 10.1. The fourth-order valence-corrected chi connectivity index (χ4v) is 2.52. The third-order valence-corrected chi connectivity index (χ3v) is 3.67. The van der Waals surface area contributed by atoms with Gasteiger partial charge in [-0.05, 0) is 36.8 Å². The summed E-state index contributed by atoms with van der Waals surface area (Å²) in [6.07, 6.45) is 0. The minimum Gasteiger partial charge on any atom is -0.502 e. The first-order valence-electron chi connectivity index (χ1n) is 7.44. The van der Waals surface area contributed by atoms with Gasteiger partial charge in [-0.25, -0.2) is 13.7 Å². The van der Waals surface area contributed by atoms with Crippen LogP contribution in [0.15, 0.2) is 48.2 Å². The molecule has 0 saturated heterocycles. The molecule has 25 heavy (non-hydrogen) atoms.